The second-order valence-corrected chi connectivity index (χ2v) is 5.47. The van der Waals surface area contributed by atoms with Gasteiger partial charge in [-0.2, -0.15) is 0 Å². The fourth-order valence-electron chi connectivity index (χ4n) is 1.47. The standard InChI is InChI=1S/C11H17N3O3S/c1-7-5-9(12-8(2)6-18(4)16)14-10(13-7)11(15)17-3/h5,8H,6H2,1-4H3,(H,12,13,14). The minimum atomic E-state index is -0.888. The van der Waals surface area contributed by atoms with Gasteiger partial charge in [0.1, 0.15) is 5.82 Å². The molecule has 0 saturated carbocycles. The van der Waals surface area contributed by atoms with Crippen molar-refractivity contribution < 1.29 is 13.7 Å². The Kier molecular flexibility index (Phi) is 5.21. The number of esters is 1. The van der Waals surface area contributed by atoms with E-state index in [0.29, 0.717) is 17.3 Å². The van der Waals surface area contributed by atoms with E-state index in [1.807, 2.05) is 6.92 Å². The average molecular weight is 271 g/mol. The number of ether oxygens (including phenoxy) is 1. The lowest BCUT2D eigenvalue weighted by molar-refractivity contribution is 0.0586. The average Bonchev–Trinajstić information content (AvgIpc) is 2.25. The highest BCUT2D eigenvalue weighted by atomic mass is 32.2. The number of methoxy groups -OCH3 is 1. The molecule has 6 nitrogen and oxygen atoms in total. The van der Waals surface area contributed by atoms with Crippen LogP contribution in [0, 0.1) is 6.92 Å². The van der Waals surface area contributed by atoms with E-state index in [-0.39, 0.29) is 11.9 Å². The van der Waals surface area contributed by atoms with Gasteiger partial charge in [0, 0.05) is 40.6 Å². The van der Waals surface area contributed by atoms with Crippen LogP contribution < -0.4 is 5.32 Å². The molecule has 0 radical (unpaired) electrons. The summed E-state index contributed by atoms with van der Waals surface area (Å²) in [5.41, 5.74) is 0.665. The maximum Gasteiger partial charge on any atom is 0.376 e. The van der Waals surface area contributed by atoms with Gasteiger partial charge in [-0.05, 0) is 13.8 Å². The van der Waals surface area contributed by atoms with E-state index in [2.05, 4.69) is 20.0 Å². The van der Waals surface area contributed by atoms with Crippen molar-refractivity contribution in [2.75, 3.05) is 24.4 Å². The van der Waals surface area contributed by atoms with Crippen molar-refractivity contribution in [1.29, 1.82) is 0 Å². The van der Waals surface area contributed by atoms with Crippen LogP contribution in [0.25, 0.3) is 0 Å². The summed E-state index contributed by atoms with van der Waals surface area (Å²) in [5, 5.41) is 3.08. The van der Waals surface area contributed by atoms with Crippen molar-refractivity contribution in [3.05, 3.63) is 17.6 Å². The van der Waals surface area contributed by atoms with E-state index in [1.165, 1.54) is 7.11 Å². The molecule has 1 rings (SSSR count). The first-order valence-electron chi connectivity index (χ1n) is 5.43. The zero-order chi connectivity index (χ0) is 13.7. The zero-order valence-electron chi connectivity index (χ0n) is 10.9. The van der Waals surface area contributed by atoms with Gasteiger partial charge in [-0.3, -0.25) is 4.21 Å². The number of aryl methyl sites for hydroxylation is 1. The van der Waals surface area contributed by atoms with E-state index in [0.717, 1.165) is 0 Å². The quantitative estimate of drug-likeness (QED) is 0.796. The summed E-state index contributed by atoms with van der Waals surface area (Å²) in [6.45, 7) is 3.67. The van der Waals surface area contributed by atoms with Crippen molar-refractivity contribution in [3.8, 4) is 0 Å². The van der Waals surface area contributed by atoms with Gasteiger partial charge in [0.25, 0.3) is 0 Å². The van der Waals surface area contributed by atoms with Crippen molar-refractivity contribution in [1.82, 2.24) is 9.97 Å². The van der Waals surface area contributed by atoms with Crippen molar-refractivity contribution in [2.24, 2.45) is 0 Å². The number of carbonyl (C=O) groups is 1. The van der Waals surface area contributed by atoms with E-state index in [9.17, 15) is 9.00 Å². The summed E-state index contributed by atoms with van der Waals surface area (Å²) in [5.74, 6) is 0.482. The van der Waals surface area contributed by atoms with Crippen molar-refractivity contribution in [2.45, 2.75) is 19.9 Å². The Morgan fingerprint density at radius 1 is 1.56 bits per heavy atom. The number of nitrogens with zero attached hydrogens (tertiary/aromatic N) is 2. The van der Waals surface area contributed by atoms with Crippen LogP contribution in [-0.4, -0.2) is 45.3 Å². The molecule has 0 bridgehead atoms. The monoisotopic (exact) mass is 271 g/mol. The smallest absolute Gasteiger partial charge is 0.376 e. The molecular formula is C11H17N3O3S. The first kappa shape index (κ1) is 14.6. The molecule has 1 aromatic rings. The SMILES string of the molecule is COC(=O)c1nc(C)cc(NC(C)CS(C)=O)n1. The van der Waals surface area contributed by atoms with Gasteiger partial charge in [-0.25, -0.2) is 14.8 Å². The van der Waals surface area contributed by atoms with Crippen LogP contribution in [0.3, 0.4) is 0 Å². The van der Waals surface area contributed by atoms with Gasteiger partial charge in [-0.15, -0.1) is 0 Å². The Morgan fingerprint density at radius 3 is 2.78 bits per heavy atom. The van der Waals surface area contributed by atoms with Gasteiger partial charge in [0.15, 0.2) is 0 Å². The number of nitrogens with one attached hydrogen (secondary N) is 1. The summed E-state index contributed by atoms with van der Waals surface area (Å²) in [7, 11) is 0.394. The molecule has 2 unspecified atom stereocenters. The predicted molar refractivity (Wildman–Crippen MR) is 70.1 cm³/mol. The first-order valence-corrected chi connectivity index (χ1v) is 7.15. The van der Waals surface area contributed by atoms with Gasteiger partial charge in [0.2, 0.25) is 5.82 Å². The van der Waals surface area contributed by atoms with E-state index in [1.54, 1.807) is 19.2 Å². The molecule has 2 atom stereocenters. The van der Waals surface area contributed by atoms with E-state index < -0.39 is 16.8 Å². The Labute approximate surface area is 109 Å². The normalized spacial score (nSPS) is 13.8. The minimum absolute atomic E-state index is 0.00405. The molecule has 0 fully saturated rings. The van der Waals surface area contributed by atoms with Crippen molar-refractivity contribution >= 4 is 22.6 Å². The number of rotatable bonds is 5. The molecule has 0 aliphatic carbocycles. The van der Waals surface area contributed by atoms with Crippen LogP contribution in [0.2, 0.25) is 0 Å². The molecule has 0 saturated heterocycles. The van der Waals surface area contributed by atoms with Crippen LogP contribution >= 0.6 is 0 Å². The van der Waals surface area contributed by atoms with Crippen LogP contribution in [0.15, 0.2) is 6.07 Å². The number of hydrogen-bond donors (Lipinski definition) is 1. The molecular weight excluding hydrogens is 254 g/mol. The Bertz CT molecular complexity index is 465. The van der Waals surface area contributed by atoms with Gasteiger partial charge in [-0.1, -0.05) is 0 Å². The van der Waals surface area contributed by atoms with Crippen LogP contribution in [-0.2, 0) is 15.5 Å². The highest BCUT2D eigenvalue weighted by molar-refractivity contribution is 7.84. The Hall–Kier alpha value is -1.50. The fourth-order valence-corrected chi connectivity index (χ4v) is 2.26. The predicted octanol–water partition coefficient (Wildman–Crippen LogP) is 0.751. The third-order valence-electron chi connectivity index (χ3n) is 2.10. The van der Waals surface area contributed by atoms with Gasteiger partial charge < -0.3 is 10.1 Å². The van der Waals surface area contributed by atoms with E-state index in [4.69, 9.17) is 0 Å². The largest absolute Gasteiger partial charge is 0.463 e. The second kappa shape index (κ2) is 6.44. The first-order chi connectivity index (χ1) is 8.42. The molecule has 1 aromatic heterocycles. The number of hydrogen-bond acceptors (Lipinski definition) is 6. The van der Waals surface area contributed by atoms with Gasteiger partial charge >= 0.3 is 5.97 Å². The molecule has 18 heavy (non-hydrogen) atoms. The molecule has 1 N–H and O–H groups in total. The third-order valence-corrected chi connectivity index (χ3v) is 3.07. The number of aromatic nitrogens is 2. The highest BCUT2D eigenvalue weighted by Gasteiger charge is 2.13. The summed E-state index contributed by atoms with van der Waals surface area (Å²) >= 11 is 0. The molecule has 0 aliphatic heterocycles. The molecule has 1 heterocycles. The third kappa shape index (κ3) is 4.40. The molecule has 100 valence electrons. The maximum atomic E-state index is 11.4. The molecule has 0 aliphatic rings. The lowest BCUT2D eigenvalue weighted by Crippen LogP contribution is -2.23. The minimum Gasteiger partial charge on any atom is -0.463 e. The topological polar surface area (TPSA) is 81.2 Å². The maximum absolute atomic E-state index is 11.4. The summed E-state index contributed by atoms with van der Waals surface area (Å²) in [4.78, 5) is 19.4. The summed E-state index contributed by atoms with van der Waals surface area (Å²) in [6, 6.07) is 1.72. The van der Waals surface area contributed by atoms with Crippen LogP contribution in [0.1, 0.15) is 23.2 Å². The molecule has 0 spiro atoms. The zero-order valence-corrected chi connectivity index (χ0v) is 11.7. The summed E-state index contributed by atoms with van der Waals surface area (Å²) in [6.07, 6.45) is 1.64. The Morgan fingerprint density at radius 2 is 2.22 bits per heavy atom. The van der Waals surface area contributed by atoms with Crippen LogP contribution in [0.4, 0.5) is 5.82 Å². The second-order valence-electron chi connectivity index (χ2n) is 3.99. The molecule has 7 heteroatoms. The molecule has 0 aromatic carbocycles. The van der Waals surface area contributed by atoms with Crippen molar-refractivity contribution in [3.63, 3.8) is 0 Å². The van der Waals surface area contributed by atoms with E-state index >= 15 is 0 Å². The lowest BCUT2D eigenvalue weighted by Gasteiger charge is -2.13. The highest BCUT2D eigenvalue weighted by Crippen LogP contribution is 2.08. The lowest BCUT2D eigenvalue weighted by atomic mass is 10.3. The van der Waals surface area contributed by atoms with Gasteiger partial charge in [0.05, 0.1) is 7.11 Å². The van der Waals surface area contributed by atoms with Crippen LogP contribution in [0.5, 0.6) is 0 Å². The summed E-state index contributed by atoms with van der Waals surface area (Å²) < 4.78 is 15.7. The number of carbonyl (C=O) groups excluding carboxylic acids is 1. The Balaban J connectivity index is 2.86. The number of anilines is 1. The molecule has 0 amide bonds. The fraction of sp³-hybridized carbons (Fsp3) is 0.545.